The molecule has 1 aliphatic heterocycles. The Morgan fingerprint density at radius 3 is 2.82 bits per heavy atom. The van der Waals surface area contributed by atoms with E-state index in [9.17, 15) is 13.2 Å². The molecule has 0 aliphatic carbocycles. The van der Waals surface area contributed by atoms with Crippen molar-refractivity contribution in [3.8, 4) is 0 Å². The first-order valence-electron chi connectivity index (χ1n) is 7.45. The van der Waals surface area contributed by atoms with Crippen molar-refractivity contribution >= 4 is 26.7 Å². The summed E-state index contributed by atoms with van der Waals surface area (Å²) in [6.45, 7) is 2.41. The zero-order valence-electron chi connectivity index (χ0n) is 12.5. The number of sulfone groups is 1. The molecule has 1 aromatic heterocycles. The van der Waals surface area contributed by atoms with Crippen LogP contribution in [0.5, 0.6) is 0 Å². The zero-order valence-corrected chi connectivity index (χ0v) is 13.3. The van der Waals surface area contributed by atoms with Crippen LogP contribution in [0.1, 0.15) is 18.9 Å². The largest absolute Gasteiger partial charge is 0.464 e. The minimum atomic E-state index is -2.99. The highest BCUT2D eigenvalue weighted by Gasteiger charge is 2.33. The van der Waals surface area contributed by atoms with Gasteiger partial charge in [-0.25, -0.2) is 8.42 Å². The standard InChI is InChI=1S/C16H19NO4S/c1-2-17(13-7-8-22(19,20)11-13)16(18)9-12-10-21-15-6-4-3-5-14(12)15/h3-6,10,13H,2,7-9,11H2,1H3. The molecule has 0 spiro atoms. The summed E-state index contributed by atoms with van der Waals surface area (Å²) in [6, 6.07) is 7.40. The fourth-order valence-corrected chi connectivity index (χ4v) is 4.82. The van der Waals surface area contributed by atoms with Crippen molar-refractivity contribution < 1.29 is 17.6 Å². The van der Waals surface area contributed by atoms with Crippen LogP contribution >= 0.6 is 0 Å². The summed E-state index contributed by atoms with van der Waals surface area (Å²) in [4.78, 5) is 14.3. The molecule has 0 saturated carbocycles. The molecule has 3 rings (SSSR count). The van der Waals surface area contributed by atoms with Crippen molar-refractivity contribution in [1.29, 1.82) is 0 Å². The zero-order chi connectivity index (χ0) is 15.7. The number of hydrogen-bond donors (Lipinski definition) is 0. The summed E-state index contributed by atoms with van der Waals surface area (Å²) >= 11 is 0. The summed E-state index contributed by atoms with van der Waals surface area (Å²) in [6.07, 6.45) is 2.39. The number of carbonyl (C=O) groups excluding carboxylic acids is 1. The van der Waals surface area contributed by atoms with Crippen molar-refractivity contribution in [2.24, 2.45) is 0 Å². The Labute approximate surface area is 129 Å². The van der Waals surface area contributed by atoms with Crippen LogP contribution in [0, 0.1) is 0 Å². The third-order valence-electron chi connectivity index (χ3n) is 4.21. The molecule has 1 unspecified atom stereocenters. The monoisotopic (exact) mass is 321 g/mol. The van der Waals surface area contributed by atoms with Gasteiger partial charge in [-0.15, -0.1) is 0 Å². The minimum Gasteiger partial charge on any atom is -0.464 e. The molecule has 6 heteroatoms. The van der Waals surface area contributed by atoms with E-state index in [4.69, 9.17) is 4.42 Å². The normalized spacial score (nSPS) is 20.3. The molecule has 1 aromatic carbocycles. The first kappa shape index (κ1) is 15.1. The van der Waals surface area contributed by atoms with Crippen molar-refractivity contribution in [2.45, 2.75) is 25.8 Å². The van der Waals surface area contributed by atoms with Gasteiger partial charge in [0.15, 0.2) is 9.84 Å². The van der Waals surface area contributed by atoms with Gasteiger partial charge in [0.2, 0.25) is 5.91 Å². The number of para-hydroxylation sites is 1. The van der Waals surface area contributed by atoms with Crippen LogP contribution in [-0.2, 0) is 21.1 Å². The summed E-state index contributed by atoms with van der Waals surface area (Å²) in [5.74, 6) is 0.214. The Balaban J connectivity index is 1.78. The van der Waals surface area contributed by atoms with Crippen LogP contribution in [0.3, 0.4) is 0 Å². The molecule has 1 fully saturated rings. The number of amides is 1. The Morgan fingerprint density at radius 2 is 2.14 bits per heavy atom. The summed E-state index contributed by atoms with van der Waals surface area (Å²) < 4.78 is 28.7. The molecule has 1 atom stereocenters. The number of carbonyl (C=O) groups is 1. The third kappa shape index (κ3) is 2.88. The second-order valence-electron chi connectivity index (χ2n) is 5.67. The van der Waals surface area contributed by atoms with Crippen LogP contribution in [0.4, 0.5) is 0 Å². The fourth-order valence-electron chi connectivity index (χ4n) is 3.09. The molecular formula is C16H19NO4S. The molecule has 0 N–H and O–H groups in total. The average Bonchev–Trinajstić information content (AvgIpc) is 3.04. The third-order valence-corrected chi connectivity index (χ3v) is 5.96. The predicted octanol–water partition coefficient (Wildman–Crippen LogP) is 2.01. The van der Waals surface area contributed by atoms with Crippen molar-refractivity contribution in [2.75, 3.05) is 18.1 Å². The molecule has 5 nitrogen and oxygen atoms in total. The van der Waals surface area contributed by atoms with Gasteiger partial charge in [-0.2, -0.15) is 0 Å². The highest BCUT2D eigenvalue weighted by atomic mass is 32.2. The molecule has 1 aliphatic rings. The quantitative estimate of drug-likeness (QED) is 0.864. The summed E-state index contributed by atoms with van der Waals surface area (Å²) in [7, 11) is -2.99. The van der Waals surface area contributed by atoms with Crippen molar-refractivity contribution in [3.63, 3.8) is 0 Å². The molecule has 2 aromatic rings. The molecular weight excluding hydrogens is 302 g/mol. The van der Waals surface area contributed by atoms with Crippen molar-refractivity contribution in [1.82, 2.24) is 4.90 Å². The van der Waals surface area contributed by atoms with Crippen LogP contribution in [-0.4, -0.2) is 43.3 Å². The first-order chi connectivity index (χ1) is 10.5. The van der Waals surface area contributed by atoms with Gasteiger partial charge >= 0.3 is 0 Å². The first-order valence-corrected chi connectivity index (χ1v) is 9.27. The van der Waals surface area contributed by atoms with Gasteiger partial charge in [0.25, 0.3) is 0 Å². The van der Waals surface area contributed by atoms with Gasteiger partial charge in [0.05, 0.1) is 24.2 Å². The van der Waals surface area contributed by atoms with E-state index < -0.39 is 9.84 Å². The molecule has 22 heavy (non-hydrogen) atoms. The summed E-state index contributed by atoms with van der Waals surface area (Å²) in [5.41, 5.74) is 1.61. The Morgan fingerprint density at radius 1 is 1.36 bits per heavy atom. The smallest absolute Gasteiger partial charge is 0.227 e. The minimum absolute atomic E-state index is 0.0452. The topological polar surface area (TPSA) is 67.6 Å². The van der Waals surface area contributed by atoms with Crippen LogP contribution < -0.4 is 0 Å². The predicted molar refractivity (Wildman–Crippen MR) is 84.4 cm³/mol. The van der Waals surface area contributed by atoms with Gasteiger partial charge in [-0.3, -0.25) is 4.79 Å². The maximum Gasteiger partial charge on any atom is 0.227 e. The van der Waals surface area contributed by atoms with E-state index in [2.05, 4.69) is 0 Å². The van der Waals surface area contributed by atoms with Gasteiger partial charge in [0, 0.05) is 23.5 Å². The molecule has 1 saturated heterocycles. The summed E-state index contributed by atoms with van der Waals surface area (Å²) in [5, 5.41) is 0.936. The van der Waals surface area contributed by atoms with E-state index in [0.717, 1.165) is 16.5 Å². The van der Waals surface area contributed by atoms with E-state index in [1.165, 1.54) is 0 Å². The Hall–Kier alpha value is -1.82. The Kier molecular flexibility index (Phi) is 3.95. The maximum absolute atomic E-state index is 12.6. The lowest BCUT2D eigenvalue weighted by molar-refractivity contribution is -0.132. The number of benzene rings is 1. The second-order valence-corrected chi connectivity index (χ2v) is 7.90. The van der Waals surface area contributed by atoms with Gasteiger partial charge in [-0.05, 0) is 19.4 Å². The number of furan rings is 1. The SMILES string of the molecule is CCN(C(=O)Cc1coc2ccccc12)C1CCS(=O)(=O)C1. The van der Waals surface area contributed by atoms with E-state index in [1.807, 2.05) is 31.2 Å². The van der Waals surface area contributed by atoms with Crippen LogP contribution in [0.15, 0.2) is 34.9 Å². The van der Waals surface area contributed by atoms with Crippen LogP contribution in [0.2, 0.25) is 0 Å². The number of fused-ring (bicyclic) bond motifs is 1. The van der Waals surface area contributed by atoms with Gasteiger partial charge in [0.1, 0.15) is 5.58 Å². The van der Waals surface area contributed by atoms with Gasteiger partial charge < -0.3 is 9.32 Å². The molecule has 1 amide bonds. The van der Waals surface area contributed by atoms with Gasteiger partial charge in [-0.1, -0.05) is 18.2 Å². The second kappa shape index (κ2) is 5.76. The molecule has 0 radical (unpaired) electrons. The highest BCUT2D eigenvalue weighted by molar-refractivity contribution is 7.91. The average molecular weight is 321 g/mol. The van der Waals surface area contributed by atoms with E-state index in [-0.39, 0.29) is 29.9 Å². The van der Waals surface area contributed by atoms with Crippen molar-refractivity contribution in [3.05, 3.63) is 36.1 Å². The molecule has 0 bridgehead atoms. The Bertz CT molecular complexity index is 793. The lowest BCUT2D eigenvalue weighted by atomic mass is 10.1. The van der Waals surface area contributed by atoms with Crippen LogP contribution in [0.25, 0.3) is 11.0 Å². The van der Waals surface area contributed by atoms with E-state index in [1.54, 1.807) is 11.2 Å². The highest BCUT2D eigenvalue weighted by Crippen LogP contribution is 2.23. The lowest BCUT2D eigenvalue weighted by Gasteiger charge is -2.26. The lowest BCUT2D eigenvalue weighted by Crippen LogP contribution is -2.41. The maximum atomic E-state index is 12.6. The fraction of sp³-hybridized carbons (Fsp3) is 0.438. The number of nitrogens with zero attached hydrogens (tertiary/aromatic N) is 1. The number of rotatable bonds is 4. The molecule has 118 valence electrons. The number of hydrogen-bond acceptors (Lipinski definition) is 4. The number of likely N-dealkylation sites (N-methyl/N-ethyl adjacent to an activating group) is 1. The van der Waals surface area contributed by atoms with E-state index >= 15 is 0 Å². The molecule has 2 heterocycles. The van der Waals surface area contributed by atoms with E-state index in [0.29, 0.717) is 13.0 Å².